The van der Waals surface area contributed by atoms with Crippen LogP contribution in [-0.4, -0.2) is 27.9 Å². The molecule has 0 N–H and O–H groups in total. The van der Waals surface area contributed by atoms with E-state index in [-0.39, 0.29) is 0 Å². The molecule has 0 unspecified atom stereocenters. The van der Waals surface area contributed by atoms with Crippen molar-refractivity contribution in [2.45, 2.75) is 26.2 Å². The normalized spacial score (nSPS) is 9.88. The molecule has 0 fully saturated rings. The third-order valence-electron chi connectivity index (χ3n) is 1.10. The molecule has 0 bridgehead atoms. The number of hydrogen-bond donors (Lipinski definition) is 0. The van der Waals surface area contributed by atoms with Crippen molar-refractivity contribution in [3.05, 3.63) is 0 Å². The molecule has 0 spiro atoms. The molecule has 0 saturated carbocycles. The van der Waals surface area contributed by atoms with E-state index < -0.39 is 0 Å². The molecule has 8 heavy (non-hydrogen) atoms. The van der Waals surface area contributed by atoms with Crippen molar-refractivity contribution in [1.82, 2.24) is 0 Å². The average Bonchev–Trinajstić information content (AvgIpc) is 1.81. The molecule has 0 heterocycles. The second-order valence-corrected chi connectivity index (χ2v) is 3.30. The summed E-state index contributed by atoms with van der Waals surface area (Å²) in [6.45, 7) is 2.25. The zero-order chi connectivity index (χ0) is 6.24. The van der Waals surface area contributed by atoms with Crippen LogP contribution < -0.4 is 0 Å². The van der Waals surface area contributed by atoms with Crippen LogP contribution in [0, 0.1) is 0 Å². The van der Waals surface area contributed by atoms with E-state index in [4.69, 9.17) is 0 Å². The van der Waals surface area contributed by atoms with Gasteiger partial charge in [-0.3, -0.25) is 0 Å². The fourth-order valence-electron chi connectivity index (χ4n) is 0.598. The predicted molar refractivity (Wildman–Crippen MR) is 42.6 cm³/mol. The summed E-state index contributed by atoms with van der Waals surface area (Å²) in [5.41, 5.74) is 0. The van der Waals surface area contributed by atoms with E-state index in [9.17, 15) is 0 Å². The molecular weight excluding hydrogens is 111 g/mol. The van der Waals surface area contributed by atoms with Gasteiger partial charge in [-0.1, -0.05) is 0 Å². The zero-order valence-electron chi connectivity index (χ0n) is 5.94. The summed E-state index contributed by atoms with van der Waals surface area (Å²) in [7, 11) is 0. The first kappa shape index (κ1) is 8.95. The maximum atomic E-state index is 2.25. The van der Waals surface area contributed by atoms with Gasteiger partial charge in [0.05, 0.1) is 0 Å². The van der Waals surface area contributed by atoms with E-state index in [1.807, 2.05) is 11.8 Å². The molecule has 0 aliphatic heterocycles. The topological polar surface area (TPSA) is 0 Å². The van der Waals surface area contributed by atoms with Crippen LogP contribution in [0.1, 0.15) is 26.2 Å². The molecule has 0 saturated heterocycles. The van der Waals surface area contributed by atoms with E-state index in [0.29, 0.717) is 0 Å². The van der Waals surface area contributed by atoms with E-state index in [2.05, 4.69) is 24.6 Å². The van der Waals surface area contributed by atoms with Crippen LogP contribution in [0.25, 0.3) is 0 Å². The molecule has 44 valence electrons. The minimum atomic E-state index is 1.28. The second kappa shape index (κ2) is 7.95. The molecule has 0 atom stereocenters. The Kier molecular flexibility index (Phi) is 8.89. The number of thioether (sulfide) groups is 1. The third-order valence-corrected chi connectivity index (χ3v) is 2.08. The van der Waals surface area contributed by atoms with Gasteiger partial charge >= 0.3 is 65.8 Å². The van der Waals surface area contributed by atoms with Gasteiger partial charge < -0.3 is 0 Å². The van der Waals surface area contributed by atoms with Gasteiger partial charge in [0.25, 0.3) is 0 Å². The van der Waals surface area contributed by atoms with Crippen molar-refractivity contribution in [2.24, 2.45) is 0 Å². The van der Waals surface area contributed by atoms with Crippen LogP contribution in [-0.2, 0) is 0 Å². The fraction of sp³-hybridized carbons (Fsp3) is 1.00. The van der Waals surface area contributed by atoms with Crippen molar-refractivity contribution in [2.75, 3.05) is 10.2 Å². The Balaban J connectivity index is 2.53. The fourth-order valence-corrected chi connectivity index (χ4v) is 1.30. The van der Waals surface area contributed by atoms with Crippen LogP contribution in [0.5, 0.6) is 0 Å². The van der Waals surface area contributed by atoms with Crippen LogP contribution in [0.2, 0.25) is 0 Å². The summed E-state index contributed by atoms with van der Waals surface area (Å²) in [5, 5.41) is 0. The molecule has 0 aromatic heterocycles. The Hall–Kier alpha value is 0.947. The van der Waals surface area contributed by atoms with Gasteiger partial charge in [0, 0.05) is 0 Å². The molecule has 0 radical (unpaired) electrons. The Labute approximate surface area is 66.0 Å². The first-order chi connectivity index (χ1) is 3.91. The van der Waals surface area contributed by atoms with Gasteiger partial charge in [0.1, 0.15) is 0 Å². The average molecular weight is 124 g/mol. The van der Waals surface area contributed by atoms with Crippen molar-refractivity contribution in [3.63, 3.8) is 0 Å². The molecule has 0 aliphatic carbocycles. The Bertz CT molecular complexity index is 33.5. The van der Waals surface area contributed by atoms with E-state index in [1.165, 1.54) is 29.4 Å². The first-order valence-electron chi connectivity index (χ1n) is 3.49. The standard InChI is InChI=1S/C6H13S.Li/c1-3-4-5-6-7-2;/h2-6H2,1H3;. The maximum absolute atomic E-state index is 2.25. The van der Waals surface area contributed by atoms with Gasteiger partial charge in [-0.2, -0.15) is 0 Å². The van der Waals surface area contributed by atoms with E-state index in [1.54, 1.807) is 0 Å². The summed E-state index contributed by atoms with van der Waals surface area (Å²) < 4.78 is 1.28. The van der Waals surface area contributed by atoms with Crippen molar-refractivity contribution in [1.29, 1.82) is 0 Å². The Morgan fingerprint density at radius 1 is 1.38 bits per heavy atom. The predicted octanol–water partition coefficient (Wildman–Crippen LogP) is 2.04. The van der Waals surface area contributed by atoms with Crippen LogP contribution >= 0.6 is 11.8 Å². The molecule has 0 rings (SSSR count). The Morgan fingerprint density at radius 2 is 2.12 bits per heavy atom. The number of hydrogen-bond acceptors (Lipinski definition) is 1. The van der Waals surface area contributed by atoms with Gasteiger partial charge in [0.15, 0.2) is 0 Å². The van der Waals surface area contributed by atoms with Crippen molar-refractivity contribution < 1.29 is 0 Å². The van der Waals surface area contributed by atoms with E-state index >= 15 is 0 Å². The number of rotatable bonds is 5. The molecule has 0 aliphatic rings. The monoisotopic (exact) mass is 124 g/mol. The summed E-state index contributed by atoms with van der Waals surface area (Å²) in [4.78, 5) is 0. The molecule has 2 heteroatoms. The molecule has 0 aromatic carbocycles. The summed E-state index contributed by atoms with van der Waals surface area (Å²) in [6.07, 6.45) is 4.17. The van der Waals surface area contributed by atoms with Crippen LogP contribution in [0.3, 0.4) is 0 Å². The summed E-state index contributed by atoms with van der Waals surface area (Å²) in [5.74, 6) is 1.37. The van der Waals surface area contributed by atoms with Crippen molar-refractivity contribution >= 4 is 29.5 Å². The van der Waals surface area contributed by atoms with E-state index in [0.717, 1.165) is 0 Å². The van der Waals surface area contributed by atoms with Crippen LogP contribution in [0.4, 0.5) is 0 Å². The molecule has 0 aromatic rings. The van der Waals surface area contributed by atoms with Gasteiger partial charge in [-0.25, -0.2) is 0 Å². The molecule has 0 amide bonds. The first-order valence-corrected chi connectivity index (χ1v) is 4.65. The summed E-state index contributed by atoms with van der Waals surface area (Å²) in [6, 6.07) is 0. The van der Waals surface area contributed by atoms with Crippen LogP contribution in [0.15, 0.2) is 0 Å². The molecule has 0 nitrogen and oxygen atoms in total. The van der Waals surface area contributed by atoms with Crippen molar-refractivity contribution in [3.8, 4) is 0 Å². The summed E-state index contributed by atoms with van der Waals surface area (Å²) >= 11 is 4.27. The zero-order valence-corrected chi connectivity index (χ0v) is 6.76. The minimum absolute atomic E-state index is 1.28. The Morgan fingerprint density at radius 3 is 2.62 bits per heavy atom. The third kappa shape index (κ3) is 6.95. The SMILES string of the molecule is [Li][CH2]SCCCCC. The molecular formula is C6H13LiS. The number of unbranched alkanes of at least 4 members (excludes halogenated alkanes) is 2. The second-order valence-electron chi connectivity index (χ2n) is 1.90. The van der Waals surface area contributed by atoms with Gasteiger partial charge in [-0.05, 0) is 0 Å². The quantitative estimate of drug-likeness (QED) is 0.399. The van der Waals surface area contributed by atoms with Gasteiger partial charge in [0.2, 0.25) is 0 Å². The van der Waals surface area contributed by atoms with Gasteiger partial charge in [-0.15, -0.1) is 0 Å².